The van der Waals surface area contributed by atoms with Crippen LogP contribution in [0.15, 0.2) is 55.6 Å². The first-order valence-corrected chi connectivity index (χ1v) is 17.8. The number of unbranched alkanes of at least 4 members (excludes halogenated alkanes) is 3. The number of ether oxygens (including phenoxy) is 2. The number of aliphatic hydroxyl groups is 1. The van der Waals surface area contributed by atoms with Crippen molar-refractivity contribution in [2.45, 2.75) is 99.9 Å². The number of aliphatic hydroxyl groups excluding tert-OH is 1. The number of nitrogens with zero attached hydrogens (tertiary/aromatic N) is 2. The average Bonchev–Trinajstić information content (AvgIpc) is 3.65. The van der Waals surface area contributed by atoms with Crippen molar-refractivity contribution in [1.29, 1.82) is 0 Å². The molecule has 258 valence electrons. The summed E-state index contributed by atoms with van der Waals surface area (Å²) in [5.74, 6) is -3.12. The third kappa shape index (κ3) is 7.84. The first-order valence-electron chi connectivity index (χ1n) is 16.9. The SMILES string of the molecule is C=CCCC(=O)N[C@@H](C)[C@H](OC(=O)[C@H]1[C@@H]2O[C@@]3(CC2Br)[C@@H]1C(=O)N(CCCCCO)[C@@H]3C(=O)N(CC=C)CCCC)c1ccccc1. The fourth-order valence-corrected chi connectivity index (χ4v) is 8.34. The average molecular weight is 717 g/mol. The highest BCUT2D eigenvalue weighted by Crippen LogP contribution is 2.60. The van der Waals surface area contributed by atoms with Crippen molar-refractivity contribution in [2.24, 2.45) is 11.8 Å². The molecule has 4 rings (SSSR count). The quantitative estimate of drug-likeness (QED) is 0.0938. The third-order valence-electron chi connectivity index (χ3n) is 9.58. The van der Waals surface area contributed by atoms with Crippen molar-refractivity contribution in [3.8, 4) is 0 Å². The van der Waals surface area contributed by atoms with Crippen molar-refractivity contribution in [1.82, 2.24) is 15.1 Å². The van der Waals surface area contributed by atoms with Gasteiger partial charge < -0.3 is 29.7 Å². The molecule has 0 aromatic heterocycles. The summed E-state index contributed by atoms with van der Waals surface area (Å²) in [7, 11) is 0. The Labute approximate surface area is 287 Å². The zero-order valence-corrected chi connectivity index (χ0v) is 29.2. The van der Waals surface area contributed by atoms with Gasteiger partial charge in [0.05, 0.1) is 24.0 Å². The summed E-state index contributed by atoms with van der Waals surface area (Å²) in [6.45, 7) is 12.6. The number of hydrogen-bond donors (Lipinski definition) is 2. The van der Waals surface area contributed by atoms with Crippen LogP contribution in [0, 0.1) is 11.8 Å². The van der Waals surface area contributed by atoms with Gasteiger partial charge in [-0.15, -0.1) is 13.2 Å². The molecule has 0 aliphatic carbocycles. The topological polar surface area (TPSA) is 125 Å². The van der Waals surface area contributed by atoms with Crippen LogP contribution < -0.4 is 5.32 Å². The lowest BCUT2D eigenvalue weighted by molar-refractivity contribution is -0.162. The molecule has 11 heteroatoms. The largest absolute Gasteiger partial charge is 0.455 e. The van der Waals surface area contributed by atoms with Crippen molar-refractivity contribution >= 4 is 39.6 Å². The maximum atomic E-state index is 14.4. The first kappa shape index (κ1) is 36.8. The van der Waals surface area contributed by atoms with Crippen molar-refractivity contribution in [3.05, 3.63) is 61.2 Å². The van der Waals surface area contributed by atoms with E-state index in [1.165, 1.54) is 0 Å². The lowest BCUT2D eigenvalue weighted by Gasteiger charge is -2.37. The standard InChI is InChI=1S/C36H50BrN3O7/c1-5-8-18-27(42)38-24(4)30(25-16-12-10-13-17-25)46-35(45)28-29-33(43)40(21-14-11-15-22-41)32(36(29)23-26(37)31(28)47-36)34(44)39(19-7-3)20-9-6-2/h5,7,10,12-13,16-17,24,26,28-32,41H,1,3,6,8-9,11,14-15,18-23H2,2,4H3,(H,38,42)/t24-,26?,28+,29-,30-,31+,32+,36-/m0/s1. The molecule has 1 spiro atoms. The Hall–Kier alpha value is -3.02. The van der Waals surface area contributed by atoms with Gasteiger partial charge in [0.15, 0.2) is 0 Å². The molecule has 10 nitrogen and oxygen atoms in total. The van der Waals surface area contributed by atoms with Crippen LogP contribution in [0.3, 0.4) is 0 Å². The normalized spacial score (nSPS) is 27.2. The number of nitrogens with one attached hydrogen (secondary N) is 1. The molecule has 2 bridgehead atoms. The number of carbonyl (C=O) groups excluding carboxylic acids is 4. The van der Waals surface area contributed by atoms with Gasteiger partial charge >= 0.3 is 5.97 Å². The second kappa shape index (κ2) is 16.9. The molecule has 1 unspecified atom stereocenters. The molecule has 0 saturated carbocycles. The van der Waals surface area contributed by atoms with Crippen LogP contribution in [-0.4, -0.2) is 93.5 Å². The zero-order valence-electron chi connectivity index (χ0n) is 27.7. The summed E-state index contributed by atoms with van der Waals surface area (Å²) in [5.41, 5.74) is -0.495. The summed E-state index contributed by atoms with van der Waals surface area (Å²) < 4.78 is 12.9. The van der Waals surface area contributed by atoms with E-state index in [4.69, 9.17) is 9.47 Å². The van der Waals surface area contributed by atoms with Gasteiger partial charge in [0.1, 0.15) is 17.7 Å². The molecular weight excluding hydrogens is 666 g/mol. The zero-order chi connectivity index (χ0) is 34.1. The number of halogens is 1. The Morgan fingerprint density at radius 3 is 2.60 bits per heavy atom. The number of carbonyl (C=O) groups is 4. The van der Waals surface area contributed by atoms with Crippen molar-refractivity contribution < 1.29 is 33.8 Å². The Morgan fingerprint density at radius 1 is 1.19 bits per heavy atom. The molecular formula is C36H50BrN3O7. The lowest BCUT2D eigenvalue weighted by Crippen LogP contribution is -2.57. The van der Waals surface area contributed by atoms with Crippen molar-refractivity contribution in [2.75, 3.05) is 26.2 Å². The van der Waals surface area contributed by atoms with E-state index in [0.29, 0.717) is 57.3 Å². The maximum absolute atomic E-state index is 14.4. The number of allylic oxidation sites excluding steroid dienone is 1. The van der Waals surface area contributed by atoms with Crippen LogP contribution in [0.25, 0.3) is 0 Å². The number of alkyl halides is 1. The third-order valence-corrected chi connectivity index (χ3v) is 10.4. The van der Waals surface area contributed by atoms with Gasteiger partial charge in [0, 0.05) is 37.5 Å². The summed E-state index contributed by atoms with van der Waals surface area (Å²) >= 11 is 3.74. The fraction of sp³-hybridized carbons (Fsp3) is 0.611. The molecule has 3 saturated heterocycles. The monoisotopic (exact) mass is 715 g/mol. The van der Waals surface area contributed by atoms with Gasteiger partial charge in [-0.05, 0) is 51.0 Å². The van der Waals surface area contributed by atoms with Gasteiger partial charge in [-0.1, -0.05) is 71.8 Å². The molecule has 3 heterocycles. The minimum absolute atomic E-state index is 0.0483. The lowest BCUT2D eigenvalue weighted by atomic mass is 9.70. The molecule has 3 aliphatic rings. The van der Waals surface area contributed by atoms with Crippen LogP contribution in [0.4, 0.5) is 0 Å². The van der Waals surface area contributed by atoms with Gasteiger partial charge in [0.25, 0.3) is 0 Å². The summed E-state index contributed by atoms with van der Waals surface area (Å²) in [6.07, 6.45) is 6.64. The van der Waals surface area contributed by atoms with Crippen LogP contribution in [-0.2, 0) is 28.7 Å². The van der Waals surface area contributed by atoms with E-state index in [0.717, 1.165) is 12.8 Å². The van der Waals surface area contributed by atoms with E-state index < -0.39 is 47.7 Å². The Morgan fingerprint density at radius 2 is 1.94 bits per heavy atom. The van der Waals surface area contributed by atoms with E-state index in [9.17, 15) is 24.3 Å². The summed E-state index contributed by atoms with van der Waals surface area (Å²) in [4.78, 5) is 58.9. The molecule has 3 amide bonds. The minimum Gasteiger partial charge on any atom is -0.455 e. The molecule has 8 atom stereocenters. The number of amides is 3. The second-order valence-electron chi connectivity index (χ2n) is 12.9. The van der Waals surface area contributed by atoms with Crippen LogP contribution in [0.5, 0.6) is 0 Å². The number of hydrogen-bond acceptors (Lipinski definition) is 7. The molecule has 47 heavy (non-hydrogen) atoms. The molecule has 0 radical (unpaired) electrons. The van der Waals surface area contributed by atoms with E-state index >= 15 is 0 Å². The van der Waals surface area contributed by atoms with Gasteiger partial charge in [0.2, 0.25) is 17.7 Å². The number of likely N-dealkylation sites (tertiary alicyclic amines) is 1. The molecule has 2 N–H and O–H groups in total. The summed E-state index contributed by atoms with van der Waals surface area (Å²) in [6, 6.07) is 7.75. The minimum atomic E-state index is -1.20. The fourth-order valence-electron chi connectivity index (χ4n) is 7.40. The Balaban J connectivity index is 1.67. The smallest absolute Gasteiger partial charge is 0.313 e. The summed E-state index contributed by atoms with van der Waals surface area (Å²) in [5, 5.41) is 12.3. The number of esters is 1. The van der Waals surface area contributed by atoms with Crippen LogP contribution in [0.2, 0.25) is 0 Å². The first-order chi connectivity index (χ1) is 22.6. The van der Waals surface area contributed by atoms with Crippen LogP contribution >= 0.6 is 15.9 Å². The highest BCUT2D eigenvalue weighted by molar-refractivity contribution is 9.09. The molecule has 3 aliphatic heterocycles. The molecule has 3 fully saturated rings. The van der Waals surface area contributed by atoms with E-state index in [2.05, 4.69) is 41.3 Å². The predicted molar refractivity (Wildman–Crippen MR) is 182 cm³/mol. The van der Waals surface area contributed by atoms with Gasteiger partial charge in [-0.3, -0.25) is 19.2 Å². The Kier molecular flexibility index (Phi) is 13.2. The van der Waals surface area contributed by atoms with Gasteiger partial charge in [-0.2, -0.15) is 0 Å². The van der Waals surface area contributed by atoms with E-state index in [1.54, 1.807) is 28.9 Å². The highest BCUT2D eigenvalue weighted by atomic mass is 79.9. The predicted octanol–water partition coefficient (Wildman–Crippen LogP) is 4.47. The number of benzene rings is 1. The van der Waals surface area contributed by atoms with E-state index in [-0.39, 0.29) is 35.6 Å². The highest BCUT2D eigenvalue weighted by Gasteiger charge is 2.77. The second-order valence-corrected chi connectivity index (χ2v) is 14.0. The number of rotatable bonds is 19. The molecule has 1 aromatic rings. The van der Waals surface area contributed by atoms with Crippen LogP contribution in [0.1, 0.15) is 76.9 Å². The van der Waals surface area contributed by atoms with E-state index in [1.807, 2.05) is 30.3 Å². The van der Waals surface area contributed by atoms with Crippen molar-refractivity contribution in [3.63, 3.8) is 0 Å². The van der Waals surface area contributed by atoms with Gasteiger partial charge in [-0.25, -0.2) is 0 Å². The Bertz CT molecular complexity index is 1280. The maximum Gasteiger partial charge on any atom is 0.313 e. The number of fused-ring (bicyclic) bond motifs is 1. The molecule has 1 aromatic carbocycles.